The van der Waals surface area contributed by atoms with E-state index in [2.05, 4.69) is 43.4 Å². The molecule has 1 heterocycles. The molecule has 0 bridgehead atoms. The van der Waals surface area contributed by atoms with E-state index in [1.165, 1.54) is 11.1 Å². The number of aryl methyl sites for hydroxylation is 1. The monoisotopic (exact) mass is 258 g/mol. The highest BCUT2D eigenvalue weighted by atomic mass is 16.5. The second-order valence-electron chi connectivity index (χ2n) is 4.69. The Labute approximate surface area is 115 Å². The van der Waals surface area contributed by atoms with Gasteiger partial charge in [0.15, 0.2) is 0 Å². The van der Waals surface area contributed by atoms with Crippen molar-refractivity contribution in [2.45, 2.75) is 33.3 Å². The van der Waals surface area contributed by atoms with Crippen molar-refractivity contribution in [1.82, 2.24) is 4.98 Å². The fraction of sp³-hybridized carbons (Fsp3) is 0.438. The molecule has 0 amide bonds. The minimum absolute atomic E-state index is 0.602. The van der Waals surface area contributed by atoms with E-state index in [4.69, 9.17) is 9.72 Å². The second kappa shape index (κ2) is 6.53. The van der Waals surface area contributed by atoms with Crippen LogP contribution >= 0.6 is 0 Å². The number of anilines is 1. The Morgan fingerprint density at radius 2 is 2.11 bits per heavy atom. The lowest BCUT2D eigenvalue weighted by molar-refractivity contribution is 0.186. The van der Waals surface area contributed by atoms with Gasteiger partial charge < -0.3 is 10.1 Å². The van der Waals surface area contributed by atoms with Gasteiger partial charge in [-0.1, -0.05) is 32.0 Å². The summed E-state index contributed by atoms with van der Waals surface area (Å²) in [4.78, 5) is 4.76. The number of rotatable bonds is 6. The standard InChI is InChI=1S/C16H22N2O/c1-4-9-17-15-10-13(5-2)18-16-12(11-19-3)7-6-8-14(15)16/h6-8,10H,4-5,9,11H2,1-3H3,(H,17,18). The molecule has 19 heavy (non-hydrogen) atoms. The molecule has 0 spiro atoms. The van der Waals surface area contributed by atoms with Crippen LogP contribution in [0, 0.1) is 0 Å². The quantitative estimate of drug-likeness (QED) is 0.856. The smallest absolute Gasteiger partial charge is 0.0781 e. The molecule has 1 aromatic heterocycles. The van der Waals surface area contributed by atoms with Crippen molar-refractivity contribution in [2.75, 3.05) is 19.0 Å². The van der Waals surface area contributed by atoms with Gasteiger partial charge in [0.2, 0.25) is 0 Å². The average molecular weight is 258 g/mol. The van der Waals surface area contributed by atoms with Gasteiger partial charge in [0.25, 0.3) is 0 Å². The highest BCUT2D eigenvalue weighted by Crippen LogP contribution is 2.26. The zero-order chi connectivity index (χ0) is 13.7. The first-order valence-electron chi connectivity index (χ1n) is 6.94. The molecule has 3 heteroatoms. The number of methoxy groups -OCH3 is 1. The summed E-state index contributed by atoms with van der Waals surface area (Å²) in [5, 5.41) is 4.68. The van der Waals surface area contributed by atoms with Crippen molar-refractivity contribution >= 4 is 16.6 Å². The number of ether oxygens (including phenoxy) is 1. The highest BCUT2D eigenvalue weighted by Gasteiger charge is 2.08. The predicted octanol–water partition coefficient (Wildman–Crippen LogP) is 3.77. The summed E-state index contributed by atoms with van der Waals surface area (Å²) in [6, 6.07) is 8.44. The van der Waals surface area contributed by atoms with E-state index in [9.17, 15) is 0 Å². The van der Waals surface area contributed by atoms with Gasteiger partial charge in [-0.05, 0) is 18.9 Å². The van der Waals surface area contributed by atoms with E-state index < -0.39 is 0 Å². The van der Waals surface area contributed by atoms with Gasteiger partial charge in [0.05, 0.1) is 12.1 Å². The summed E-state index contributed by atoms with van der Waals surface area (Å²) in [6.45, 7) is 5.89. The van der Waals surface area contributed by atoms with Gasteiger partial charge in [-0.2, -0.15) is 0 Å². The Hall–Kier alpha value is -1.61. The lowest BCUT2D eigenvalue weighted by atomic mass is 10.1. The number of pyridine rings is 1. The first-order chi connectivity index (χ1) is 9.30. The maximum absolute atomic E-state index is 5.27. The third-order valence-electron chi connectivity index (χ3n) is 3.20. The molecule has 0 aliphatic carbocycles. The molecule has 0 atom stereocenters. The van der Waals surface area contributed by atoms with Gasteiger partial charge >= 0.3 is 0 Å². The van der Waals surface area contributed by atoms with Crippen LogP contribution in [0.5, 0.6) is 0 Å². The van der Waals surface area contributed by atoms with Gasteiger partial charge in [-0.25, -0.2) is 0 Å². The van der Waals surface area contributed by atoms with Gasteiger partial charge in [-0.3, -0.25) is 4.98 Å². The van der Waals surface area contributed by atoms with Crippen LogP contribution in [-0.2, 0) is 17.8 Å². The van der Waals surface area contributed by atoms with Crippen LogP contribution in [0.4, 0.5) is 5.69 Å². The molecule has 1 aromatic carbocycles. The van der Waals surface area contributed by atoms with Gasteiger partial charge in [-0.15, -0.1) is 0 Å². The molecule has 3 nitrogen and oxygen atoms in total. The number of aromatic nitrogens is 1. The number of benzene rings is 1. The Morgan fingerprint density at radius 1 is 1.26 bits per heavy atom. The van der Waals surface area contributed by atoms with Crippen molar-refractivity contribution in [3.8, 4) is 0 Å². The number of nitrogens with one attached hydrogen (secondary N) is 1. The maximum atomic E-state index is 5.27. The molecule has 2 aromatic rings. The Balaban J connectivity index is 2.56. The molecule has 102 valence electrons. The van der Waals surface area contributed by atoms with E-state index in [-0.39, 0.29) is 0 Å². The maximum Gasteiger partial charge on any atom is 0.0781 e. The van der Waals surface area contributed by atoms with Crippen molar-refractivity contribution in [3.05, 3.63) is 35.5 Å². The van der Waals surface area contributed by atoms with Crippen LogP contribution in [0.15, 0.2) is 24.3 Å². The van der Waals surface area contributed by atoms with Crippen LogP contribution < -0.4 is 5.32 Å². The number of para-hydroxylation sites is 1. The second-order valence-corrected chi connectivity index (χ2v) is 4.69. The Kier molecular flexibility index (Phi) is 4.74. The van der Waals surface area contributed by atoms with E-state index in [1.54, 1.807) is 7.11 Å². The summed E-state index contributed by atoms with van der Waals surface area (Å²) in [5.74, 6) is 0. The van der Waals surface area contributed by atoms with Gasteiger partial charge in [0.1, 0.15) is 0 Å². The Bertz CT molecular complexity index is 552. The summed E-state index contributed by atoms with van der Waals surface area (Å²) < 4.78 is 5.27. The zero-order valence-electron chi connectivity index (χ0n) is 12.0. The summed E-state index contributed by atoms with van der Waals surface area (Å²) in [6.07, 6.45) is 2.06. The first kappa shape index (κ1) is 13.8. The lowest BCUT2D eigenvalue weighted by Crippen LogP contribution is -2.03. The van der Waals surface area contributed by atoms with Crippen LogP contribution in [0.3, 0.4) is 0 Å². The van der Waals surface area contributed by atoms with Crippen LogP contribution in [0.1, 0.15) is 31.5 Å². The number of hydrogen-bond acceptors (Lipinski definition) is 3. The fourth-order valence-electron chi connectivity index (χ4n) is 2.22. The third kappa shape index (κ3) is 3.04. The molecule has 1 N–H and O–H groups in total. The van der Waals surface area contributed by atoms with E-state index >= 15 is 0 Å². The van der Waals surface area contributed by atoms with E-state index in [0.717, 1.165) is 36.2 Å². The lowest BCUT2D eigenvalue weighted by Gasteiger charge is -2.13. The van der Waals surface area contributed by atoms with Crippen LogP contribution in [0.25, 0.3) is 10.9 Å². The molecular weight excluding hydrogens is 236 g/mol. The van der Waals surface area contributed by atoms with E-state index in [1.807, 2.05) is 0 Å². The average Bonchev–Trinajstić information content (AvgIpc) is 2.45. The minimum atomic E-state index is 0.602. The number of hydrogen-bond donors (Lipinski definition) is 1. The van der Waals surface area contributed by atoms with E-state index in [0.29, 0.717) is 6.61 Å². The number of nitrogens with zero attached hydrogens (tertiary/aromatic N) is 1. The molecule has 0 saturated carbocycles. The van der Waals surface area contributed by atoms with Crippen molar-refractivity contribution in [1.29, 1.82) is 0 Å². The SMILES string of the molecule is CCCNc1cc(CC)nc2c(COC)cccc12. The molecular formula is C16H22N2O. The highest BCUT2D eigenvalue weighted by molar-refractivity contribution is 5.93. The largest absolute Gasteiger partial charge is 0.384 e. The Morgan fingerprint density at radius 3 is 2.79 bits per heavy atom. The van der Waals surface area contributed by atoms with Crippen LogP contribution in [-0.4, -0.2) is 18.6 Å². The molecule has 0 radical (unpaired) electrons. The predicted molar refractivity (Wildman–Crippen MR) is 80.6 cm³/mol. The summed E-state index contributed by atoms with van der Waals surface area (Å²) in [5.41, 5.74) is 4.51. The molecule has 0 saturated heterocycles. The molecule has 2 rings (SSSR count). The summed E-state index contributed by atoms with van der Waals surface area (Å²) >= 11 is 0. The normalized spacial score (nSPS) is 10.9. The molecule has 0 aliphatic heterocycles. The zero-order valence-corrected chi connectivity index (χ0v) is 12.0. The minimum Gasteiger partial charge on any atom is -0.384 e. The number of fused-ring (bicyclic) bond motifs is 1. The van der Waals surface area contributed by atoms with Crippen molar-refractivity contribution in [2.24, 2.45) is 0 Å². The molecule has 0 fully saturated rings. The molecule has 0 unspecified atom stereocenters. The van der Waals surface area contributed by atoms with Gasteiger partial charge in [0, 0.05) is 36.0 Å². The van der Waals surface area contributed by atoms with Crippen molar-refractivity contribution in [3.63, 3.8) is 0 Å². The third-order valence-corrected chi connectivity index (χ3v) is 3.20. The molecule has 0 aliphatic rings. The first-order valence-corrected chi connectivity index (χ1v) is 6.94. The van der Waals surface area contributed by atoms with Crippen molar-refractivity contribution < 1.29 is 4.74 Å². The fourth-order valence-corrected chi connectivity index (χ4v) is 2.22. The van der Waals surface area contributed by atoms with Crippen LogP contribution in [0.2, 0.25) is 0 Å². The topological polar surface area (TPSA) is 34.2 Å². The summed E-state index contributed by atoms with van der Waals surface area (Å²) in [7, 11) is 1.72.